The van der Waals surface area contributed by atoms with Crippen LogP contribution in [0.3, 0.4) is 0 Å². The third kappa shape index (κ3) is 2.52. The fourth-order valence-corrected chi connectivity index (χ4v) is 2.60. The lowest BCUT2D eigenvalue weighted by Gasteiger charge is -2.11. The molecule has 0 aliphatic heterocycles. The van der Waals surface area contributed by atoms with E-state index in [9.17, 15) is 14.4 Å². The Balaban J connectivity index is 2.33. The number of nitrogens with zero attached hydrogens (tertiary/aromatic N) is 1. The van der Waals surface area contributed by atoms with Gasteiger partial charge in [0, 0.05) is 18.9 Å². The third-order valence-corrected chi connectivity index (χ3v) is 3.63. The van der Waals surface area contributed by atoms with E-state index in [4.69, 9.17) is 4.74 Å². The quantitative estimate of drug-likeness (QED) is 0.635. The number of thioether (sulfide) groups is 1. The standard InChI is InChI=1S/C12H12N2O5S/c1-18-3-4-20-7-5-6(15)9-8(11(7)16)10(14-13-9)12(17)19-2/h5H,3-4H2,1-2H3,(H,13,14). The number of carbonyl (C=O) groups is 3. The lowest BCUT2D eigenvalue weighted by atomic mass is 9.99. The van der Waals surface area contributed by atoms with Crippen molar-refractivity contribution in [3.8, 4) is 0 Å². The zero-order valence-electron chi connectivity index (χ0n) is 10.9. The number of carbonyl (C=O) groups excluding carboxylic acids is 3. The summed E-state index contributed by atoms with van der Waals surface area (Å²) in [5.74, 6) is -1.02. The molecular formula is C12H12N2O5S. The molecule has 1 heterocycles. The molecular weight excluding hydrogens is 284 g/mol. The molecule has 0 amide bonds. The minimum absolute atomic E-state index is 0.0199. The molecule has 0 saturated carbocycles. The number of hydrogen-bond acceptors (Lipinski definition) is 7. The van der Waals surface area contributed by atoms with Gasteiger partial charge in [-0.2, -0.15) is 5.10 Å². The van der Waals surface area contributed by atoms with Gasteiger partial charge < -0.3 is 9.47 Å². The number of hydrogen-bond donors (Lipinski definition) is 1. The van der Waals surface area contributed by atoms with Gasteiger partial charge in [0.2, 0.25) is 11.6 Å². The van der Waals surface area contributed by atoms with Crippen molar-refractivity contribution in [2.24, 2.45) is 0 Å². The fraction of sp³-hybridized carbons (Fsp3) is 0.333. The molecule has 1 aliphatic carbocycles. The van der Waals surface area contributed by atoms with Crippen LogP contribution in [-0.4, -0.2) is 54.3 Å². The van der Waals surface area contributed by atoms with Crippen molar-refractivity contribution in [1.82, 2.24) is 10.2 Å². The van der Waals surface area contributed by atoms with E-state index in [-0.39, 0.29) is 27.6 Å². The number of aromatic amines is 1. The molecule has 0 fully saturated rings. The van der Waals surface area contributed by atoms with Gasteiger partial charge in [0.25, 0.3) is 0 Å². The van der Waals surface area contributed by atoms with Crippen LogP contribution in [0.15, 0.2) is 11.0 Å². The Morgan fingerprint density at radius 2 is 2.15 bits per heavy atom. The second-order valence-electron chi connectivity index (χ2n) is 3.86. The van der Waals surface area contributed by atoms with E-state index < -0.39 is 11.8 Å². The zero-order chi connectivity index (χ0) is 14.7. The van der Waals surface area contributed by atoms with E-state index in [2.05, 4.69) is 14.9 Å². The van der Waals surface area contributed by atoms with Gasteiger partial charge in [-0.25, -0.2) is 4.79 Å². The number of H-pyrrole nitrogens is 1. The van der Waals surface area contributed by atoms with Crippen molar-refractivity contribution in [2.75, 3.05) is 26.6 Å². The van der Waals surface area contributed by atoms with E-state index in [1.54, 1.807) is 7.11 Å². The Bertz CT molecular complexity index is 605. The Hall–Kier alpha value is -1.93. The first-order chi connectivity index (χ1) is 9.60. The second-order valence-corrected chi connectivity index (χ2v) is 4.99. The summed E-state index contributed by atoms with van der Waals surface area (Å²) < 4.78 is 9.44. The van der Waals surface area contributed by atoms with E-state index >= 15 is 0 Å². The van der Waals surface area contributed by atoms with Crippen LogP contribution in [0.2, 0.25) is 0 Å². The highest BCUT2D eigenvalue weighted by Crippen LogP contribution is 2.29. The first kappa shape index (κ1) is 14.5. The molecule has 0 atom stereocenters. The molecule has 0 radical (unpaired) electrons. The molecule has 0 spiro atoms. The van der Waals surface area contributed by atoms with Gasteiger partial charge in [-0.3, -0.25) is 14.7 Å². The summed E-state index contributed by atoms with van der Waals surface area (Å²) >= 11 is 1.20. The molecule has 8 heteroatoms. The molecule has 1 aromatic heterocycles. The van der Waals surface area contributed by atoms with Gasteiger partial charge in [-0.1, -0.05) is 0 Å². The molecule has 1 aromatic rings. The third-order valence-electron chi connectivity index (χ3n) is 2.65. The topological polar surface area (TPSA) is 98.4 Å². The number of aromatic nitrogens is 2. The number of fused-ring (bicyclic) bond motifs is 1. The summed E-state index contributed by atoms with van der Waals surface area (Å²) in [5.41, 5.74) is -0.172. The Labute approximate surface area is 118 Å². The van der Waals surface area contributed by atoms with Gasteiger partial charge in [0.15, 0.2) is 5.69 Å². The van der Waals surface area contributed by atoms with Crippen LogP contribution >= 0.6 is 11.8 Å². The highest BCUT2D eigenvalue weighted by molar-refractivity contribution is 8.04. The van der Waals surface area contributed by atoms with Crippen LogP contribution in [0.4, 0.5) is 0 Å². The first-order valence-corrected chi connectivity index (χ1v) is 6.67. The van der Waals surface area contributed by atoms with Crippen LogP contribution in [0, 0.1) is 0 Å². The number of rotatable bonds is 5. The molecule has 20 heavy (non-hydrogen) atoms. The van der Waals surface area contributed by atoms with Gasteiger partial charge in [0.1, 0.15) is 5.69 Å². The molecule has 0 aromatic carbocycles. The normalized spacial score (nSPS) is 14.0. The number of ether oxygens (including phenoxy) is 2. The summed E-state index contributed by atoms with van der Waals surface area (Å²) in [6.07, 6.45) is 1.24. The van der Waals surface area contributed by atoms with Crippen molar-refractivity contribution in [1.29, 1.82) is 0 Å². The van der Waals surface area contributed by atoms with E-state index in [1.807, 2.05) is 0 Å². The maximum atomic E-state index is 12.3. The molecule has 1 aliphatic rings. The lowest BCUT2D eigenvalue weighted by Crippen LogP contribution is -2.18. The Morgan fingerprint density at radius 1 is 1.40 bits per heavy atom. The molecule has 7 nitrogen and oxygen atoms in total. The van der Waals surface area contributed by atoms with E-state index in [0.717, 1.165) is 0 Å². The zero-order valence-corrected chi connectivity index (χ0v) is 11.7. The van der Waals surface area contributed by atoms with Crippen LogP contribution in [0.5, 0.6) is 0 Å². The summed E-state index contributed by atoms with van der Waals surface area (Å²) in [6.45, 7) is 0.450. The summed E-state index contributed by atoms with van der Waals surface area (Å²) in [5, 5.41) is 6.10. The summed E-state index contributed by atoms with van der Waals surface area (Å²) in [7, 11) is 2.73. The van der Waals surface area contributed by atoms with Crippen LogP contribution < -0.4 is 0 Å². The molecule has 106 valence electrons. The van der Waals surface area contributed by atoms with Crippen LogP contribution in [0.1, 0.15) is 31.3 Å². The number of allylic oxidation sites excluding steroid dienone is 2. The van der Waals surface area contributed by atoms with Crippen molar-refractivity contribution in [2.45, 2.75) is 0 Å². The van der Waals surface area contributed by atoms with Gasteiger partial charge in [-0.15, -0.1) is 11.8 Å². The number of nitrogens with one attached hydrogen (secondary N) is 1. The summed E-state index contributed by atoms with van der Waals surface area (Å²) in [6, 6.07) is 0. The van der Waals surface area contributed by atoms with Crippen molar-refractivity contribution in [3.63, 3.8) is 0 Å². The molecule has 0 bridgehead atoms. The van der Waals surface area contributed by atoms with Gasteiger partial charge in [-0.05, 0) is 0 Å². The second kappa shape index (κ2) is 6.02. The Morgan fingerprint density at radius 3 is 2.80 bits per heavy atom. The predicted octanol–water partition coefficient (Wildman–Crippen LogP) is 0.839. The number of esters is 1. The van der Waals surface area contributed by atoms with Crippen LogP contribution in [-0.2, 0) is 9.47 Å². The largest absolute Gasteiger partial charge is 0.464 e. The van der Waals surface area contributed by atoms with Crippen molar-refractivity contribution in [3.05, 3.63) is 27.9 Å². The van der Waals surface area contributed by atoms with Crippen LogP contribution in [0.25, 0.3) is 0 Å². The highest BCUT2D eigenvalue weighted by atomic mass is 32.2. The average molecular weight is 296 g/mol. The van der Waals surface area contributed by atoms with Crippen molar-refractivity contribution >= 4 is 29.3 Å². The Kier molecular flexibility index (Phi) is 4.35. The monoisotopic (exact) mass is 296 g/mol. The molecule has 0 unspecified atom stereocenters. The molecule has 1 N–H and O–H groups in total. The predicted molar refractivity (Wildman–Crippen MR) is 71.0 cm³/mol. The van der Waals surface area contributed by atoms with E-state index in [1.165, 1.54) is 24.9 Å². The maximum absolute atomic E-state index is 12.3. The molecule has 0 saturated heterocycles. The minimum atomic E-state index is -0.758. The van der Waals surface area contributed by atoms with E-state index in [0.29, 0.717) is 12.4 Å². The lowest BCUT2D eigenvalue weighted by molar-refractivity contribution is 0.0591. The smallest absolute Gasteiger partial charge is 0.359 e. The maximum Gasteiger partial charge on any atom is 0.359 e. The molecule has 2 rings (SSSR count). The number of ketones is 2. The number of Topliss-reactive ketones (excluding diaryl/α,β-unsaturated/α-hetero) is 1. The number of methoxy groups -OCH3 is 2. The first-order valence-electron chi connectivity index (χ1n) is 5.69. The van der Waals surface area contributed by atoms with Gasteiger partial charge >= 0.3 is 5.97 Å². The van der Waals surface area contributed by atoms with Crippen molar-refractivity contribution < 1.29 is 23.9 Å². The SMILES string of the molecule is COCCSC1=CC(=O)c2[nH]nc(C(=O)OC)c2C1=O. The fourth-order valence-electron chi connectivity index (χ4n) is 1.71. The summed E-state index contributed by atoms with van der Waals surface area (Å²) in [4.78, 5) is 36.0. The highest BCUT2D eigenvalue weighted by Gasteiger charge is 2.34. The average Bonchev–Trinajstić information content (AvgIpc) is 2.89. The minimum Gasteiger partial charge on any atom is -0.464 e. The van der Waals surface area contributed by atoms with Gasteiger partial charge in [0.05, 0.1) is 24.2 Å².